The summed E-state index contributed by atoms with van der Waals surface area (Å²) in [6, 6.07) is 14.8. The highest BCUT2D eigenvalue weighted by Gasteiger charge is 2.27. The minimum Gasteiger partial charge on any atom is -0.497 e. The molecule has 11 nitrogen and oxygen atoms in total. The Morgan fingerprint density at radius 1 is 0.956 bits per heavy atom. The molecular weight excluding hydrogens is 600 g/mol. The van der Waals surface area contributed by atoms with Crippen LogP contribution in [0.4, 0.5) is 5.69 Å². The molecule has 1 unspecified atom stereocenters. The molecule has 0 bridgehead atoms. The van der Waals surface area contributed by atoms with E-state index in [0.717, 1.165) is 5.56 Å². The quantitative estimate of drug-likeness (QED) is 0.200. The normalized spacial score (nSPS) is 12.3. The van der Waals surface area contributed by atoms with Gasteiger partial charge in [0.2, 0.25) is 0 Å². The van der Waals surface area contributed by atoms with Gasteiger partial charge in [0.15, 0.2) is 11.5 Å². The van der Waals surface area contributed by atoms with Crippen LogP contribution in [-0.4, -0.2) is 58.9 Å². The molecular formula is C33H42N2O9S. The average molecular weight is 643 g/mol. The van der Waals surface area contributed by atoms with Crippen molar-refractivity contribution in [2.24, 2.45) is 5.92 Å². The van der Waals surface area contributed by atoms with E-state index in [4.69, 9.17) is 18.9 Å². The number of nitrogens with one attached hydrogen (secondary N) is 2. The fourth-order valence-corrected chi connectivity index (χ4v) is 5.42. The summed E-state index contributed by atoms with van der Waals surface area (Å²) in [5.41, 5.74) is 0.616. The predicted molar refractivity (Wildman–Crippen MR) is 171 cm³/mol. The summed E-state index contributed by atoms with van der Waals surface area (Å²) in [4.78, 5) is 25.9. The van der Waals surface area contributed by atoms with Gasteiger partial charge in [-0.1, -0.05) is 52.8 Å². The second kappa shape index (κ2) is 15.1. The Bertz CT molecular complexity index is 1580. The molecule has 3 N–H and O–H groups in total. The molecule has 0 saturated heterocycles. The number of esters is 1. The lowest BCUT2D eigenvalue weighted by Crippen LogP contribution is -2.42. The third-order valence-electron chi connectivity index (χ3n) is 6.70. The summed E-state index contributed by atoms with van der Waals surface area (Å²) in [6.45, 7) is 9.31. The average Bonchev–Trinajstić information content (AvgIpc) is 2.99. The lowest BCUT2D eigenvalue weighted by Gasteiger charge is -2.21. The molecule has 244 valence electrons. The van der Waals surface area contributed by atoms with Crippen molar-refractivity contribution in [3.05, 3.63) is 71.8 Å². The van der Waals surface area contributed by atoms with E-state index < -0.39 is 27.9 Å². The number of hydrogen-bond donors (Lipinski definition) is 3. The Morgan fingerprint density at radius 2 is 1.62 bits per heavy atom. The van der Waals surface area contributed by atoms with Gasteiger partial charge >= 0.3 is 5.97 Å². The topological polar surface area (TPSA) is 149 Å². The van der Waals surface area contributed by atoms with Crippen LogP contribution >= 0.6 is 0 Å². The van der Waals surface area contributed by atoms with E-state index in [9.17, 15) is 23.1 Å². The fourth-order valence-electron chi connectivity index (χ4n) is 4.37. The molecule has 0 aliphatic heterocycles. The van der Waals surface area contributed by atoms with Gasteiger partial charge in [0.05, 0.1) is 31.4 Å². The van der Waals surface area contributed by atoms with E-state index in [1.807, 2.05) is 34.6 Å². The number of aliphatic hydroxyl groups excluding tert-OH is 1. The Balaban J connectivity index is 2.15. The lowest BCUT2D eigenvalue weighted by molar-refractivity contribution is -0.143. The van der Waals surface area contributed by atoms with E-state index in [2.05, 4.69) is 10.0 Å². The first-order valence-electron chi connectivity index (χ1n) is 14.4. The Hall–Kier alpha value is -4.29. The third kappa shape index (κ3) is 9.60. The van der Waals surface area contributed by atoms with Crippen molar-refractivity contribution in [1.82, 2.24) is 5.32 Å². The van der Waals surface area contributed by atoms with Gasteiger partial charge in [-0.15, -0.1) is 0 Å². The standard InChI is InChI=1S/C33H42N2O9S/c1-21(2)17-28(32(38)42-7)34-31(37)22-18-27(35-45(39,40)26-13-11-23(12-14-26)33(3,4)5)30(29(19-22)43-16-15-36)44-25-10-8-9-24(20-25)41-6/h8-14,18-21,28,35-36H,15-17H2,1-7H3,(H,34,37). The van der Waals surface area contributed by atoms with Crippen LogP contribution in [0.5, 0.6) is 23.0 Å². The maximum absolute atomic E-state index is 13.7. The number of carbonyl (C=O) groups excluding carboxylic acids is 2. The summed E-state index contributed by atoms with van der Waals surface area (Å²) in [7, 11) is -1.48. The first-order valence-corrected chi connectivity index (χ1v) is 15.9. The molecule has 0 fully saturated rings. The molecule has 3 aromatic carbocycles. The molecule has 0 spiro atoms. The molecule has 1 atom stereocenters. The summed E-state index contributed by atoms with van der Waals surface area (Å²) in [6.07, 6.45) is 0.313. The number of anilines is 1. The first kappa shape index (κ1) is 35.2. The van der Waals surface area contributed by atoms with Gasteiger partial charge in [0.1, 0.15) is 24.1 Å². The van der Waals surface area contributed by atoms with Gasteiger partial charge in [0.25, 0.3) is 15.9 Å². The molecule has 3 aromatic rings. The molecule has 0 aliphatic carbocycles. The lowest BCUT2D eigenvalue weighted by atomic mass is 9.87. The molecule has 0 aromatic heterocycles. The van der Waals surface area contributed by atoms with Crippen LogP contribution < -0.4 is 24.2 Å². The van der Waals surface area contributed by atoms with Gasteiger partial charge < -0.3 is 29.4 Å². The molecule has 12 heteroatoms. The predicted octanol–water partition coefficient (Wildman–Crippen LogP) is 5.27. The van der Waals surface area contributed by atoms with Crippen molar-refractivity contribution in [3.8, 4) is 23.0 Å². The number of ether oxygens (including phenoxy) is 4. The number of benzene rings is 3. The van der Waals surface area contributed by atoms with E-state index in [1.165, 1.54) is 38.5 Å². The van der Waals surface area contributed by atoms with Crippen molar-refractivity contribution in [2.45, 2.75) is 57.4 Å². The smallest absolute Gasteiger partial charge is 0.328 e. The molecule has 0 heterocycles. The van der Waals surface area contributed by atoms with Crippen molar-refractivity contribution in [1.29, 1.82) is 0 Å². The van der Waals surface area contributed by atoms with Gasteiger partial charge in [-0.3, -0.25) is 9.52 Å². The number of hydrogen-bond acceptors (Lipinski definition) is 9. The van der Waals surface area contributed by atoms with Crippen LogP contribution in [0, 0.1) is 5.92 Å². The Kier molecular flexibility index (Phi) is 11.8. The van der Waals surface area contributed by atoms with Gasteiger partial charge in [-0.25, -0.2) is 13.2 Å². The summed E-state index contributed by atoms with van der Waals surface area (Å²) < 4.78 is 51.9. The zero-order valence-corrected chi connectivity index (χ0v) is 27.5. The number of sulfonamides is 1. The summed E-state index contributed by atoms with van der Waals surface area (Å²) in [5.74, 6) is -0.550. The minimum absolute atomic E-state index is 0.0156. The largest absolute Gasteiger partial charge is 0.497 e. The monoisotopic (exact) mass is 642 g/mol. The highest BCUT2D eigenvalue weighted by molar-refractivity contribution is 7.92. The van der Waals surface area contributed by atoms with Crippen molar-refractivity contribution < 1.29 is 42.1 Å². The van der Waals surface area contributed by atoms with E-state index in [-0.39, 0.29) is 57.9 Å². The van der Waals surface area contributed by atoms with Crippen LogP contribution in [0.1, 0.15) is 57.0 Å². The molecule has 0 saturated carbocycles. The number of amides is 1. The van der Waals surface area contributed by atoms with E-state index in [1.54, 1.807) is 36.4 Å². The van der Waals surface area contributed by atoms with Gasteiger partial charge in [-0.2, -0.15) is 0 Å². The van der Waals surface area contributed by atoms with Crippen LogP contribution in [0.15, 0.2) is 65.6 Å². The Labute approximate surface area is 264 Å². The first-order chi connectivity index (χ1) is 21.2. The number of rotatable bonds is 14. The van der Waals surface area contributed by atoms with Crippen LogP contribution in [0.3, 0.4) is 0 Å². The van der Waals surface area contributed by atoms with Crippen molar-refractivity contribution in [3.63, 3.8) is 0 Å². The molecule has 3 rings (SSSR count). The van der Waals surface area contributed by atoms with Gasteiger partial charge in [0, 0.05) is 11.6 Å². The second-order valence-corrected chi connectivity index (χ2v) is 13.4. The number of carbonyl (C=O) groups is 2. The molecule has 0 aliphatic rings. The number of aliphatic hydroxyl groups is 1. The van der Waals surface area contributed by atoms with E-state index in [0.29, 0.717) is 12.2 Å². The molecule has 45 heavy (non-hydrogen) atoms. The Morgan fingerprint density at radius 3 is 2.20 bits per heavy atom. The zero-order valence-electron chi connectivity index (χ0n) is 26.7. The van der Waals surface area contributed by atoms with Crippen LogP contribution in [-0.2, 0) is 25.0 Å². The number of methoxy groups -OCH3 is 2. The third-order valence-corrected chi connectivity index (χ3v) is 8.08. The summed E-state index contributed by atoms with van der Waals surface area (Å²) in [5, 5.41) is 12.2. The van der Waals surface area contributed by atoms with Crippen molar-refractivity contribution >= 4 is 27.6 Å². The minimum atomic E-state index is -4.20. The zero-order chi connectivity index (χ0) is 33.4. The highest BCUT2D eigenvalue weighted by atomic mass is 32.2. The SMILES string of the molecule is COC(=O)C(CC(C)C)NC(=O)c1cc(NS(=O)(=O)c2ccc(C(C)(C)C)cc2)c(Oc2cccc(OC)c2)c(OCCO)c1. The molecule has 1 amide bonds. The van der Waals surface area contributed by atoms with E-state index >= 15 is 0 Å². The summed E-state index contributed by atoms with van der Waals surface area (Å²) >= 11 is 0. The van der Waals surface area contributed by atoms with Crippen LogP contribution in [0.2, 0.25) is 0 Å². The second-order valence-electron chi connectivity index (χ2n) is 11.8. The maximum Gasteiger partial charge on any atom is 0.328 e. The fraction of sp³-hybridized carbons (Fsp3) is 0.394. The van der Waals surface area contributed by atoms with Crippen molar-refractivity contribution in [2.75, 3.05) is 32.2 Å². The maximum atomic E-state index is 13.7. The highest BCUT2D eigenvalue weighted by Crippen LogP contribution is 2.42. The molecule has 0 radical (unpaired) electrons. The van der Waals surface area contributed by atoms with Crippen LogP contribution in [0.25, 0.3) is 0 Å². The van der Waals surface area contributed by atoms with Gasteiger partial charge in [-0.05, 0) is 59.7 Å².